The molecule has 0 amide bonds. The van der Waals surface area contributed by atoms with Crippen molar-refractivity contribution in [2.45, 2.75) is 19.6 Å². The van der Waals surface area contributed by atoms with Gasteiger partial charge < -0.3 is 19.6 Å². The van der Waals surface area contributed by atoms with Gasteiger partial charge in [-0.2, -0.15) is 0 Å². The molecular formula is C57H48N4. The molecule has 0 fully saturated rings. The molecule has 296 valence electrons. The second kappa shape index (κ2) is 18.8. The molecule has 4 heteroatoms. The third-order valence-corrected chi connectivity index (χ3v) is 11.0. The van der Waals surface area contributed by atoms with E-state index >= 15 is 0 Å². The molecule has 0 unspecified atom stereocenters. The lowest BCUT2D eigenvalue weighted by molar-refractivity contribution is 0.974. The third-order valence-electron chi connectivity index (χ3n) is 11.0. The SMILES string of the molecule is c1ccc(CN(c2ccccc2)c2ccc(N(c3ccc(N(Cc4ccccc4)c4ccccc4)cc3)c3ccc(N(Cc4ccccc4)c4ccccc4)cc3)cc2)cc1. The van der Waals surface area contributed by atoms with E-state index in [1.165, 1.54) is 16.7 Å². The fraction of sp³-hybridized carbons (Fsp3) is 0.0526. The van der Waals surface area contributed by atoms with Crippen molar-refractivity contribution < 1.29 is 0 Å². The summed E-state index contributed by atoms with van der Waals surface area (Å²) in [4.78, 5) is 9.49. The Bertz CT molecular complexity index is 2370. The van der Waals surface area contributed by atoms with E-state index in [-0.39, 0.29) is 0 Å². The van der Waals surface area contributed by atoms with Crippen molar-refractivity contribution in [2.24, 2.45) is 0 Å². The van der Waals surface area contributed by atoms with Gasteiger partial charge in [-0.15, -0.1) is 0 Å². The van der Waals surface area contributed by atoms with Crippen molar-refractivity contribution in [3.05, 3.63) is 271 Å². The van der Waals surface area contributed by atoms with Crippen LogP contribution in [0.4, 0.5) is 51.2 Å². The van der Waals surface area contributed by atoms with Crippen LogP contribution < -0.4 is 19.6 Å². The molecule has 0 saturated carbocycles. The largest absolute Gasteiger partial charge is 0.337 e. The fourth-order valence-corrected chi connectivity index (χ4v) is 7.91. The third kappa shape index (κ3) is 9.41. The average molecular weight is 789 g/mol. The molecular weight excluding hydrogens is 741 g/mol. The van der Waals surface area contributed by atoms with Gasteiger partial charge in [0.1, 0.15) is 0 Å². The zero-order chi connectivity index (χ0) is 41.1. The van der Waals surface area contributed by atoms with Crippen molar-refractivity contribution in [1.82, 2.24) is 0 Å². The first kappa shape index (κ1) is 38.7. The lowest BCUT2D eigenvalue weighted by atomic mass is 10.1. The van der Waals surface area contributed by atoms with Crippen LogP contribution in [0.25, 0.3) is 0 Å². The fourth-order valence-electron chi connectivity index (χ4n) is 7.91. The van der Waals surface area contributed by atoms with Gasteiger partial charge in [0.05, 0.1) is 0 Å². The Kier molecular flexibility index (Phi) is 11.9. The topological polar surface area (TPSA) is 13.0 Å². The summed E-state index contributed by atoms with van der Waals surface area (Å²) in [5.41, 5.74) is 13.8. The molecule has 0 aliphatic carbocycles. The molecule has 0 aliphatic heterocycles. The maximum atomic E-state index is 2.38. The van der Waals surface area contributed by atoms with Crippen LogP contribution in [0.3, 0.4) is 0 Å². The van der Waals surface area contributed by atoms with Crippen LogP contribution >= 0.6 is 0 Å². The summed E-state index contributed by atoms with van der Waals surface area (Å²) < 4.78 is 0. The maximum absolute atomic E-state index is 2.38. The van der Waals surface area contributed by atoms with Crippen LogP contribution in [0.15, 0.2) is 255 Å². The molecule has 0 aromatic heterocycles. The van der Waals surface area contributed by atoms with Gasteiger partial charge >= 0.3 is 0 Å². The maximum Gasteiger partial charge on any atom is 0.0481 e. The smallest absolute Gasteiger partial charge is 0.0481 e. The minimum Gasteiger partial charge on any atom is -0.337 e. The molecule has 0 N–H and O–H groups in total. The normalized spacial score (nSPS) is 10.8. The van der Waals surface area contributed by atoms with E-state index in [2.05, 4.69) is 274 Å². The molecule has 9 aromatic rings. The summed E-state index contributed by atoms with van der Waals surface area (Å²) in [7, 11) is 0. The number of para-hydroxylation sites is 3. The van der Waals surface area contributed by atoms with Crippen LogP contribution in [0.5, 0.6) is 0 Å². The number of anilines is 9. The van der Waals surface area contributed by atoms with Crippen LogP contribution in [0, 0.1) is 0 Å². The van der Waals surface area contributed by atoms with E-state index in [1.807, 2.05) is 0 Å². The van der Waals surface area contributed by atoms with E-state index < -0.39 is 0 Å². The van der Waals surface area contributed by atoms with Crippen LogP contribution in [0.1, 0.15) is 16.7 Å². The highest BCUT2D eigenvalue weighted by molar-refractivity contribution is 5.81. The predicted octanol–water partition coefficient (Wildman–Crippen LogP) is 15.2. The second-order valence-electron chi connectivity index (χ2n) is 15.1. The Morgan fingerprint density at radius 2 is 0.361 bits per heavy atom. The zero-order valence-corrected chi connectivity index (χ0v) is 34.2. The second-order valence-corrected chi connectivity index (χ2v) is 15.1. The van der Waals surface area contributed by atoms with Crippen molar-refractivity contribution in [3.63, 3.8) is 0 Å². The summed E-state index contributed by atoms with van der Waals surface area (Å²) >= 11 is 0. The summed E-state index contributed by atoms with van der Waals surface area (Å²) in [5, 5.41) is 0. The Morgan fingerprint density at radius 3 is 0.590 bits per heavy atom. The number of hydrogen-bond acceptors (Lipinski definition) is 4. The summed E-state index contributed by atoms with van der Waals surface area (Å²) in [6, 6.07) is 90.9. The molecule has 0 aliphatic rings. The van der Waals surface area contributed by atoms with Gasteiger partial charge in [0.15, 0.2) is 0 Å². The molecule has 4 nitrogen and oxygen atoms in total. The Morgan fingerprint density at radius 1 is 0.180 bits per heavy atom. The molecule has 0 radical (unpaired) electrons. The van der Waals surface area contributed by atoms with Crippen LogP contribution in [0.2, 0.25) is 0 Å². The Labute approximate surface area is 360 Å². The van der Waals surface area contributed by atoms with E-state index in [4.69, 9.17) is 0 Å². The van der Waals surface area contributed by atoms with Crippen molar-refractivity contribution in [1.29, 1.82) is 0 Å². The van der Waals surface area contributed by atoms with Gasteiger partial charge in [-0.05, 0) is 126 Å². The van der Waals surface area contributed by atoms with Gasteiger partial charge in [0.2, 0.25) is 0 Å². The first-order valence-electron chi connectivity index (χ1n) is 21.0. The zero-order valence-electron chi connectivity index (χ0n) is 34.2. The highest BCUT2D eigenvalue weighted by Gasteiger charge is 2.18. The van der Waals surface area contributed by atoms with Gasteiger partial charge in [0.25, 0.3) is 0 Å². The Balaban J connectivity index is 1.09. The van der Waals surface area contributed by atoms with Crippen LogP contribution in [-0.2, 0) is 19.6 Å². The van der Waals surface area contributed by atoms with Crippen molar-refractivity contribution >= 4 is 51.2 Å². The van der Waals surface area contributed by atoms with Crippen molar-refractivity contribution in [3.8, 4) is 0 Å². The van der Waals surface area contributed by atoms with E-state index in [1.54, 1.807) is 0 Å². The molecule has 61 heavy (non-hydrogen) atoms. The Hall–Kier alpha value is -7.82. The molecule has 9 aromatic carbocycles. The molecule has 0 heterocycles. The van der Waals surface area contributed by atoms with Gasteiger partial charge in [-0.3, -0.25) is 0 Å². The monoisotopic (exact) mass is 788 g/mol. The van der Waals surface area contributed by atoms with E-state index in [0.29, 0.717) is 0 Å². The lowest BCUT2D eigenvalue weighted by Crippen LogP contribution is -2.18. The van der Waals surface area contributed by atoms with Crippen LogP contribution in [-0.4, -0.2) is 0 Å². The van der Waals surface area contributed by atoms with Gasteiger partial charge in [-0.25, -0.2) is 0 Å². The average Bonchev–Trinajstić information content (AvgIpc) is 3.34. The number of hydrogen-bond donors (Lipinski definition) is 0. The minimum absolute atomic E-state index is 0.763. The van der Waals surface area contributed by atoms with E-state index in [0.717, 1.165) is 70.8 Å². The van der Waals surface area contributed by atoms with E-state index in [9.17, 15) is 0 Å². The summed E-state index contributed by atoms with van der Waals surface area (Å²) in [5.74, 6) is 0. The molecule has 9 rings (SSSR count). The first-order valence-corrected chi connectivity index (χ1v) is 21.0. The van der Waals surface area contributed by atoms with Gasteiger partial charge in [-0.1, -0.05) is 146 Å². The quantitative estimate of drug-likeness (QED) is 0.103. The van der Waals surface area contributed by atoms with Gasteiger partial charge in [0, 0.05) is 70.8 Å². The predicted molar refractivity (Wildman–Crippen MR) is 257 cm³/mol. The number of benzene rings is 9. The number of nitrogens with zero attached hydrogens (tertiary/aromatic N) is 4. The molecule has 0 spiro atoms. The summed E-state index contributed by atoms with van der Waals surface area (Å²) in [6.45, 7) is 2.29. The standard InChI is InChI=1S/C57H48N4/c1-7-19-46(20-8-1)43-58(49-25-13-4-14-26-49)52-31-37-55(38-32-52)61(56-39-33-53(34-40-56)59(50-27-15-5-16-28-50)44-47-21-9-2-10-22-47)57-41-35-54(36-42-57)60(51-29-17-6-18-30-51)45-48-23-11-3-12-24-48/h1-42H,43-45H2. The summed E-state index contributed by atoms with van der Waals surface area (Å²) in [6.07, 6.45) is 0. The molecule has 0 saturated heterocycles. The molecule has 0 atom stereocenters. The highest BCUT2D eigenvalue weighted by Crippen LogP contribution is 2.40. The number of rotatable bonds is 15. The highest BCUT2D eigenvalue weighted by atomic mass is 15.2. The van der Waals surface area contributed by atoms with Crippen molar-refractivity contribution in [2.75, 3.05) is 19.6 Å². The minimum atomic E-state index is 0.763. The lowest BCUT2D eigenvalue weighted by Gasteiger charge is -2.30. The molecule has 0 bridgehead atoms. The first-order chi connectivity index (χ1) is 30.2.